The van der Waals surface area contributed by atoms with E-state index in [1.807, 2.05) is 0 Å². The molecule has 5 rings (SSSR count). The molecule has 0 spiro atoms. The third-order valence-corrected chi connectivity index (χ3v) is 15.7. The summed E-state index contributed by atoms with van der Waals surface area (Å²) in [6.07, 6.45) is 1.39. The summed E-state index contributed by atoms with van der Waals surface area (Å²) in [6, 6.07) is 0. The molecule has 52 heavy (non-hydrogen) atoms. The lowest BCUT2D eigenvalue weighted by Crippen LogP contribution is -2.11. The maximum absolute atomic E-state index is 6.28. The van der Waals surface area contributed by atoms with Gasteiger partial charge in [-0.2, -0.15) is 0 Å². The van der Waals surface area contributed by atoms with E-state index >= 15 is 0 Å². The smallest absolute Gasteiger partial charge is 0.148 e. The highest BCUT2D eigenvalue weighted by molar-refractivity contribution is 9.12. The monoisotopic (exact) mass is 1220 g/mol. The van der Waals surface area contributed by atoms with Crippen LogP contribution in [-0.2, 0) is 25.7 Å². The molecule has 1 aliphatic rings. The Hall–Kier alpha value is -0.880. The number of methoxy groups -OCH3 is 8. The lowest BCUT2D eigenvalue weighted by molar-refractivity contribution is 0.380. The van der Waals surface area contributed by atoms with Gasteiger partial charge in [0.2, 0.25) is 0 Å². The lowest BCUT2D eigenvalue weighted by Gasteiger charge is -2.27. The van der Waals surface area contributed by atoms with Gasteiger partial charge in [0.25, 0.3) is 0 Å². The van der Waals surface area contributed by atoms with Crippen LogP contribution in [0.2, 0.25) is 0 Å². The topological polar surface area (TPSA) is 73.8 Å². The van der Waals surface area contributed by atoms with Gasteiger partial charge in [0.1, 0.15) is 46.0 Å². The van der Waals surface area contributed by atoms with Gasteiger partial charge >= 0.3 is 0 Å². The number of hydrogen-bond donors (Lipinski definition) is 0. The van der Waals surface area contributed by atoms with Crippen LogP contribution in [0.4, 0.5) is 0 Å². The van der Waals surface area contributed by atoms with Crippen molar-refractivity contribution in [1.29, 1.82) is 0 Å². The minimum Gasteiger partial charge on any atom is -0.496 e. The Morgan fingerprint density at radius 3 is 0.442 bits per heavy atom. The molecule has 4 aromatic carbocycles. The van der Waals surface area contributed by atoms with Crippen molar-refractivity contribution in [2.45, 2.75) is 25.7 Å². The van der Waals surface area contributed by atoms with Crippen LogP contribution in [0.1, 0.15) is 44.5 Å². The molecule has 1 aliphatic carbocycles. The van der Waals surface area contributed by atoms with E-state index in [2.05, 4.69) is 127 Å². The van der Waals surface area contributed by atoms with Crippen molar-refractivity contribution >= 4 is 127 Å². The molecule has 8 bridgehead atoms. The molecule has 0 heterocycles. The first-order valence-corrected chi connectivity index (χ1v) is 21.6. The van der Waals surface area contributed by atoms with E-state index in [1.165, 1.54) is 0 Å². The minimum absolute atomic E-state index is 0.348. The Morgan fingerprint density at radius 2 is 0.346 bits per heavy atom. The van der Waals surface area contributed by atoms with E-state index in [4.69, 9.17) is 37.9 Å². The zero-order chi connectivity index (χ0) is 38.3. The second-order valence-corrected chi connectivity index (χ2v) is 17.7. The van der Waals surface area contributed by atoms with Crippen molar-refractivity contribution in [1.82, 2.24) is 0 Å². The van der Waals surface area contributed by atoms with Crippen LogP contribution in [0.5, 0.6) is 46.0 Å². The zero-order valence-electron chi connectivity index (χ0n) is 29.1. The molecule has 0 fully saturated rings. The van der Waals surface area contributed by atoms with Crippen LogP contribution in [0.15, 0.2) is 35.8 Å². The molecule has 8 nitrogen and oxygen atoms in total. The first kappa shape index (κ1) is 42.3. The van der Waals surface area contributed by atoms with E-state index < -0.39 is 0 Å². The number of benzene rings is 4. The molecule has 0 unspecified atom stereocenters. The van der Waals surface area contributed by atoms with Crippen molar-refractivity contribution in [3.63, 3.8) is 0 Å². The number of fused-ring (bicyclic) bond motifs is 8. The van der Waals surface area contributed by atoms with Gasteiger partial charge in [-0.1, -0.05) is 0 Å². The summed E-state index contributed by atoms with van der Waals surface area (Å²) < 4.78 is 54.9. The molecule has 0 aliphatic heterocycles. The second-order valence-electron chi connectivity index (χ2n) is 11.3. The summed E-state index contributed by atoms with van der Waals surface area (Å²) in [7, 11) is 13.2. The maximum Gasteiger partial charge on any atom is 0.148 e. The predicted molar refractivity (Wildman–Crippen MR) is 231 cm³/mol. The van der Waals surface area contributed by atoms with Gasteiger partial charge in [-0.05, 0) is 127 Å². The summed E-state index contributed by atoms with van der Waals surface area (Å²) in [4.78, 5) is 0. The van der Waals surface area contributed by atoms with Crippen molar-refractivity contribution in [3.8, 4) is 46.0 Å². The van der Waals surface area contributed by atoms with Gasteiger partial charge in [0, 0.05) is 70.2 Å². The highest BCUT2D eigenvalue weighted by Crippen LogP contribution is 2.56. The summed E-state index contributed by atoms with van der Waals surface area (Å²) in [6.45, 7) is 0. The highest BCUT2D eigenvalue weighted by Gasteiger charge is 2.34. The standard InChI is InChI=1S/C36H32Br8O8/c1-45-29-13-9-15-23(39)34(50-6)25(41)17(30(15)46-2)11-19-27(43)36(52-8)28(44)20(32(19)48-4)12-18-26(42)35(51-7)24(40)16(31(18)47-3)10-14(29)22(38)33(49-5)21(13)37/h9-12H2,1-8H3. The van der Waals surface area contributed by atoms with Crippen LogP contribution >= 0.6 is 127 Å². The Bertz CT molecular complexity index is 1680. The summed E-state index contributed by atoms with van der Waals surface area (Å²) >= 11 is 30.9. The maximum atomic E-state index is 6.28. The minimum atomic E-state index is 0.348. The van der Waals surface area contributed by atoms with Gasteiger partial charge in [0.05, 0.1) is 92.7 Å². The first-order valence-electron chi connectivity index (χ1n) is 15.2. The highest BCUT2D eigenvalue weighted by atomic mass is 79.9. The molecule has 0 saturated carbocycles. The fraction of sp³-hybridized carbons (Fsp3) is 0.333. The molecular weight excluding hydrogens is 1200 g/mol. The van der Waals surface area contributed by atoms with Crippen LogP contribution in [0.3, 0.4) is 0 Å². The molecule has 0 radical (unpaired) electrons. The van der Waals surface area contributed by atoms with Gasteiger partial charge in [0.15, 0.2) is 0 Å². The average molecular weight is 1230 g/mol. The quantitative estimate of drug-likeness (QED) is 0.152. The van der Waals surface area contributed by atoms with Crippen LogP contribution < -0.4 is 37.9 Å². The summed E-state index contributed by atoms with van der Waals surface area (Å²) in [5.41, 5.74) is 6.59. The predicted octanol–water partition coefficient (Wildman–Crippen LogP) is 12.5. The lowest BCUT2D eigenvalue weighted by atomic mass is 9.90. The molecule has 0 N–H and O–H groups in total. The number of halogens is 8. The first-order chi connectivity index (χ1) is 24.8. The van der Waals surface area contributed by atoms with Crippen LogP contribution in [0.25, 0.3) is 0 Å². The van der Waals surface area contributed by atoms with E-state index in [0.29, 0.717) is 107 Å². The molecule has 0 aromatic heterocycles. The zero-order valence-corrected chi connectivity index (χ0v) is 41.8. The number of hydrogen-bond acceptors (Lipinski definition) is 8. The van der Waals surface area contributed by atoms with E-state index in [9.17, 15) is 0 Å². The van der Waals surface area contributed by atoms with E-state index in [1.54, 1.807) is 56.9 Å². The molecule has 16 heteroatoms. The Morgan fingerprint density at radius 1 is 0.231 bits per heavy atom. The molecule has 280 valence electrons. The number of rotatable bonds is 8. The van der Waals surface area contributed by atoms with Crippen LogP contribution in [-0.4, -0.2) is 56.9 Å². The third kappa shape index (κ3) is 7.04. The Labute approximate surface area is 370 Å². The van der Waals surface area contributed by atoms with E-state index in [-0.39, 0.29) is 0 Å². The summed E-state index contributed by atoms with van der Waals surface area (Å²) in [5.74, 6) is 4.98. The molecule has 0 saturated heterocycles. The van der Waals surface area contributed by atoms with Crippen molar-refractivity contribution < 1.29 is 37.9 Å². The third-order valence-electron chi connectivity index (χ3n) is 8.95. The van der Waals surface area contributed by atoms with Gasteiger partial charge < -0.3 is 37.9 Å². The Kier molecular flexibility index (Phi) is 14.2. The van der Waals surface area contributed by atoms with Crippen molar-refractivity contribution in [2.24, 2.45) is 0 Å². The largest absolute Gasteiger partial charge is 0.496 e. The van der Waals surface area contributed by atoms with Crippen molar-refractivity contribution in [2.75, 3.05) is 56.9 Å². The summed E-state index contributed by atoms with van der Waals surface area (Å²) in [5, 5.41) is 0. The molecular formula is C36H32Br8O8. The molecule has 4 aromatic rings. The molecule has 0 atom stereocenters. The van der Waals surface area contributed by atoms with Gasteiger partial charge in [-0.15, -0.1) is 0 Å². The van der Waals surface area contributed by atoms with Gasteiger partial charge in [-0.25, -0.2) is 0 Å². The normalized spacial score (nSPS) is 12.3. The molecule has 0 amide bonds. The fourth-order valence-corrected chi connectivity index (χ4v) is 13.2. The second kappa shape index (κ2) is 17.5. The number of ether oxygens (including phenoxy) is 8. The Balaban J connectivity index is 2.07. The van der Waals surface area contributed by atoms with Gasteiger partial charge in [-0.3, -0.25) is 0 Å². The van der Waals surface area contributed by atoms with E-state index in [0.717, 1.165) is 44.5 Å². The fourth-order valence-electron chi connectivity index (χ4n) is 6.68. The average Bonchev–Trinajstić information content (AvgIpc) is 3.12. The SMILES string of the molecule is COc1c(Br)c2c(OC)c(c1Br)Cc1c(Br)c(OC)c(Br)c(c1OC)Cc1c(Br)c(OC)c(Br)c(c1OC)Cc1c(Br)c(OC)c(Br)c(c1OC)C2. The van der Waals surface area contributed by atoms with Crippen LogP contribution in [0, 0.1) is 0 Å². The van der Waals surface area contributed by atoms with Crippen molar-refractivity contribution in [3.05, 3.63) is 80.3 Å².